The van der Waals surface area contributed by atoms with Gasteiger partial charge in [-0.15, -0.1) is 0 Å². The minimum absolute atomic E-state index is 0.0305. The minimum Gasteiger partial charge on any atom is -0.394 e. The Hall–Kier alpha value is -1.96. The van der Waals surface area contributed by atoms with E-state index in [4.69, 9.17) is 41.9 Å². The molecule has 4 amide bonds. The van der Waals surface area contributed by atoms with E-state index in [0.29, 0.717) is 24.6 Å². The van der Waals surface area contributed by atoms with Crippen LogP contribution < -0.4 is 44.2 Å². The van der Waals surface area contributed by atoms with Crippen molar-refractivity contribution >= 4 is 29.6 Å². The second-order valence-corrected chi connectivity index (χ2v) is 18.8. The van der Waals surface area contributed by atoms with Crippen molar-refractivity contribution in [1.29, 1.82) is 0 Å². The number of carbonyl (C=O) groups is 3. The Morgan fingerprint density at radius 3 is 1.97 bits per heavy atom. The molecule has 5 aliphatic rings. The van der Waals surface area contributed by atoms with Crippen LogP contribution in [0.4, 0.5) is 4.79 Å². The predicted octanol–water partition coefficient (Wildman–Crippen LogP) is -2.40. The van der Waals surface area contributed by atoms with Crippen molar-refractivity contribution in [3.63, 3.8) is 0 Å². The van der Waals surface area contributed by atoms with E-state index >= 15 is 0 Å². The van der Waals surface area contributed by atoms with Crippen LogP contribution in [-0.4, -0.2) is 172 Å². The summed E-state index contributed by atoms with van der Waals surface area (Å²) in [5.41, 5.74) is 24.8. The second-order valence-electron chi connectivity index (χ2n) is 17.5. The molecule has 1 aliphatic carbocycles. The van der Waals surface area contributed by atoms with Gasteiger partial charge in [0.2, 0.25) is 11.8 Å². The van der Waals surface area contributed by atoms with Crippen LogP contribution in [0.25, 0.3) is 0 Å². The van der Waals surface area contributed by atoms with E-state index in [2.05, 4.69) is 21.3 Å². The summed E-state index contributed by atoms with van der Waals surface area (Å²) in [5, 5.41) is 64.6. The van der Waals surface area contributed by atoms with Crippen LogP contribution >= 0.6 is 11.8 Å². The van der Waals surface area contributed by atoms with Crippen LogP contribution in [0.2, 0.25) is 0 Å². The number of nitrogens with two attached hydrogens (primary N) is 4. The Morgan fingerprint density at radius 2 is 1.30 bits per heavy atom. The van der Waals surface area contributed by atoms with E-state index in [-0.39, 0.29) is 49.3 Å². The topological polar surface area (TPSA) is 341 Å². The first-order valence-electron chi connectivity index (χ1n) is 22.5. The third-order valence-corrected chi connectivity index (χ3v) is 14.2. The predicted molar refractivity (Wildman–Crippen MR) is 225 cm³/mol. The molecule has 17 atom stereocenters. The molecule has 352 valence electrons. The smallest absolute Gasteiger partial charge is 0.315 e. The number of carbonyl (C=O) groups excluding carboxylic acids is 3. The van der Waals surface area contributed by atoms with E-state index in [1.807, 2.05) is 11.8 Å². The lowest BCUT2D eigenvalue weighted by Crippen LogP contribution is -2.68. The van der Waals surface area contributed by atoms with Gasteiger partial charge in [0.1, 0.15) is 42.7 Å². The fourth-order valence-electron chi connectivity index (χ4n) is 8.94. The van der Waals surface area contributed by atoms with Gasteiger partial charge in [0, 0.05) is 49.0 Å². The van der Waals surface area contributed by atoms with Crippen LogP contribution in [-0.2, 0) is 28.5 Å². The van der Waals surface area contributed by atoms with Crippen LogP contribution in [0.3, 0.4) is 0 Å². The number of ether oxygens (including phenoxy) is 4. The quantitative estimate of drug-likeness (QED) is 0.0355. The molecule has 1 saturated carbocycles. The minimum atomic E-state index is -1.49. The summed E-state index contributed by atoms with van der Waals surface area (Å²) in [6.07, 6.45) is 1.36. The molecular weight excluding hydrogens is 817 g/mol. The number of aliphatic hydroxyl groups is 5. The number of aliphatic hydroxyl groups excluding tert-OH is 5. The molecule has 10 unspecified atom stereocenters. The lowest BCUT2D eigenvalue weighted by atomic mass is 9.84. The van der Waals surface area contributed by atoms with Crippen molar-refractivity contribution in [2.75, 3.05) is 25.4 Å². The second kappa shape index (κ2) is 24.9. The van der Waals surface area contributed by atoms with Crippen LogP contribution in [0.1, 0.15) is 103 Å². The molecule has 0 bridgehead atoms. The van der Waals surface area contributed by atoms with E-state index in [1.165, 1.54) is 0 Å². The van der Waals surface area contributed by atoms with Gasteiger partial charge in [0.15, 0.2) is 12.6 Å². The number of amides is 4. The standard InChI is InChI=1S/C40H74N8O12S/c41-21-16-22(42)37(60-39-34(54)31(44)33(53)27(19-49)58-39)35(55)36(21)59-38-23(43)17-25(50)26(57-38)18-46-30(52)13-8-6-4-2-1-3-5-7-11-15-45-29(51)14-10-9-12-28-32-24(20-61-28)47-40(56)48-32/h21-28,31-39,49-50,53-55H,1-20,41-44H2,(H,45,51)(H,46,52)(H2,47,48,56)/t21?,22-,23?,24?,25+,26?,27?,28+,31?,32?,33-,34?,35?,36-,37?,38-,39-/m1/s1. The van der Waals surface area contributed by atoms with Crippen molar-refractivity contribution in [3.05, 3.63) is 0 Å². The van der Waals surface area contributed by atoms with Crippen molar-refractivity contribution in [2.45, 2.75) is 206 Å². The Kier molecular flexibility index (Phi) is 20.4. The lowest BCUT2D eigenvalue weighted by Gasteiger charge is -2.47. The molecule has 5 rings (SSSR count). The molecule has 5 fully saturated rings. The maximum atomic E-state index is 12.6. The summed E-state index contributed by atoms with van der Waals surface area (Å²) in [6, 6.07) is -3.14. The summed E-state index contributed by atoms with van der Waals surface area (Å²) in [5.74, 6) is 0.913. The molecule has 0 aromatic rings. The van der Waals surface area contributed by atoms with E-state index in [0.717, 1.165) is 82.8 Å². The largest absolute Gasteiger partial charge is 0.394 e. The van der Waals surface area contributed by atoms with Gasteiger partial charge < -0.3 is 88.7 Å². The van der Waals surface area contributed by atoms with Crippen molar-refractivity contribution in [1.82, 2.24) is 21.3 Å². The number of thioether (sulfide) groups is 1. The number of unbranched alkanes of at least 4 members (excludes halogenated alkanes) is 9. The monoisotopic (exact) mass is 891 g/mol. The Labute approximate surface area is 363 Å². The van der Waals surface area contributed by atoms with Gasteiger partial charge >= 0.3 is 6.03 Å². The van der Waals surface area contributed by atoms with Gasteiger partial charge in [-0.25, -0.2) is 4.79 Å². The van der Waals surface area contributed by atoms with E-state index in [9.17, 15) is 39.9 Å². The maximum absolute atomic E-state index is 12.6. The first-order valence-corrected chi connectivity index (χ1v) is 23.5. The van der Waals surface area contributed by atoms with Gasteiger partial charge in [0.05, 0.1) is 36.9 Å². The molecular formula is C40H74N8O12S. The van der Waals surface area contributed by atoms with Crippen molar-refractivity contribution in [2.24, 2.45) is 22.9 Å². The number of rotatable bonds is 24. The zero-order valence-electron chi connectivity index (χ0n) is 35.3. The molecule has 4 saturated heterocycles. The van der Waals surface area contributed by atoms with Crippen LogP contribution in [0, 0.1) is 0 Å². The number of nitrogens with one attached hydrogen (secondary N) is 4. The average molecular weight is 891 g/mol. The molecule has 0 radical (unpaired) electrons. The molecule has 0 aromatic heterocycles. The number of fused-ring (bicyclic) bond motifs is 1. The highest BCUT2D eigenvalue weighted by atomic mass is 32.2. The van der Waals surface area contributed by atoms with Crippen LogP contribution in [0.15, 0.2) is 0 Å². The Balaban J connectivity index is 0.876. The van der Waals surface area contributed by atoms with Gasteiger partial charge in [-0.2, -0.15) is 11.8 Å². The Morgan fingerprint density at radius 1 is 0.705 bits per heavy atom. The SMILES string of the molecule is NC1C[C@H](O)C(CNC(=O)CCCCCCCCCCCNC(=O)CCCC[C@@H]2SCC3NC(=O)NC32)O[C@@H]1O[C@@H]1C(N)C[C@@H](N)C(O[C@H]2OC(CO)[C@@H](O)C(N)C2O)C1O. The molecule has 4 aliphatic heterocycles. The molecule has 21 heteroatoms. The summed E-state index contributed by atoms with van der Waals surface area (Å²) in [7, 11) is 0. The summed E-state index contributed by atoms with van der Waals surface area (Å²) < 4.78 is 23.5. The maximum Gasteiger partial charge on any atom is 0.315 e. The molecule has 61 heavy (non-hydrogen) atoms. The van der Waals surface area contributed by atoms with Gasteiger partial charge in [-0.05, 0) is 38.5 Å². The van der Waals surface area contributed by atoms with Gasteiger partial charge in [-0.1, -0.05) is 51.4 Å². The highest BCUT2D eigenvalue weighted by Crippen LogP contribution is 2.34. The highest BCUT2D eigenvalue weighted by molar-refractivity contribution is 8.00. The van der Waals surface area contributed by atoms with Gasteiger partial charge in [0.25, 0.3) is 0 Å². The third kappa shape index (κ3) is 14.5. The molecule has 20 nitrogen and oxygen atoms in total. The van der Waals surface area contributed by atoms with E-state index in [1.54, 1.807) is 0 Å². The number of urea groups is 1. The molecule has 0 aromatic carbocycles. The zero-order valence-corrected chi connectivity index (χ0v) is 36.1. The van der Waals surface area contributed by atoms with Crippen molar-refractivity contribution < 1.29 is 58.9 Å². The summed E-state index contributed by atoms with van der Waals surface area (Å²) in [6.45, 7) is 0.159. The summed E-state index contributed by atoms with van der Waals surface area (Å²) in [4.78, 5) is 36.4. The first kappa shape index (κ1) is 50.0. The highest BCUT2D eigenvalue weighted by Gasteiger charge is 2.50. The normalized spacial score (nSPS) is 38.7. The lowest BCUT2D eigenvalue weighted by molar-refractivity contribution is -0.315. The molecule has 4 heterocycles. The number of hydrogen-bond acceptors (Lipinski definition) is 17. The first-order chi connectivity index (χ1) is 29.3. The average Bonchev–Trinajstić information content (AvgIpc) is 3.79. The fourth-order valence-corrected chi connectivity index (χ4v) is 10.5. The van der Waals surface area contributed by atoms with Crippen LogP contribution in [0.5, 0.6) is 0 Å². The van der Waals surface area contributed by atoms with E-state index < -0.39 is 92.2 Å². The summed E-state index contributed by atoms with van der Waals surface area (Å²) >= 11 is 1.90. The molecule has 0 spiro atoms. The third-order valence-electron chi connectivity index (χ3n) is 12.7. The Bertz CT molecular complexity index is 1360. The molecule has 17 N–H and O–H groups in total. The van der Waals surface area contributed by atoms with Crippen molar-refractivity contribution in [3.8, 4) is 0 Å². The van der Waals surface area contributed by atoms with Gasteiger partial charge in [-0.3, -0.25) is 9.59 Å². The zero-order chi connectivity index (χ0) is 44.1. The number of hydrogen-bond donors (Lipinski definition) is 13. The fraction of sp³-hybridized carbons (Fsp3) is 0.925.